The average molecular weight is 324 g/mol. The fourth-order valence-electron chi connectivity index (χ4n) is 3.72. The van der Waals surface area contributed by atoms with Gasteiger partial charge in [-0.15, -0.1) is 0 Å². The lowest BCUT2D eigenvalue weighted by atomic mass is 9.85. The molecule has 0 radical (unpaired) electrons. The topological polar surface area (TPSA) is 23.5 Å². The van der Waals surface area contributed by atoms with Gasteiger partial charge in [0, 0.05) is 17.1 Å². The summed E-state index contributed by atoms with van der Waals surface area (Å²) in [6, 6.07) is 7.03. The number of fused-ring (bicyclic) bond motifs is 1. The molecule has 1 N–H and O–H groups in total. The molecule has 2 aliphatic rings. The van der Waals surface area contributed by atoms with Crippen molar-refractivity contribution in [1.82, 2.24) is 0 Å². The van der Waals surface area contributed by atoms with Gasteiger partial charge < -0.3 is 10.0 Å². The lowest BCUT2D eigenvalue weighted by Gasteiger charge is -2.34. The van der Waals surface area contributed by atoms with Crippen LogP contribution in [0.2, 0.25) is 0 Å². The van der Waals surface area contributed by atoms with Crippen LogP contribution in [0.15, 0.2) is 22.7 Å². The number of aliphatic hydroxyl groups is 1. The molecule has 1 aliphatic heterocycles. The molecule has 2 fully saturated rings. The summed E-state index contributed by atoms with van der Waals surface area (Å²) in [7, 11) is 0. The fourth-order valence-corrected chi connectivity index (χ4v) is 4.35. The van der Waals surface area contributed by atoms with Gasteiger partial charge >= 0.3 is 0 Å². The number of hydrogen-bond donors (Lipinski definition) is 1. The summed E-state index contributed by atoms with van der Waals surface area (Å²) < 4.78 is 1.12. The minimum atomic E-state index is -0.397. The first-order valence-corrected chi connectivity index (χ1v) is 8.20. The first-order valence-electron chi connectivity index (χ1n) is 7.41. The number of anilines is 1. The van der Waals surface area contributed by atoms with Crippen LogP contribution in [-0.4, -0.2) is 17.7 Å². The summed E-state index contributed by atoms with van der Waals surface area (Å²) in [5.74, 6) is 0.900. The van der Waals surface area contributed by atoms with Gasteiger partial charge in [-0.05, 0) is 65.7 Å². The number of nitrogens with zero attached hydrogens (tertiary/aromatic N) is 1. The first kappa shape index (κ1) is 13.4. The van der Waals surface area contributed by atoms with Crippen LogP contribution < -0.4 is 4.90 Å². The van der Waals surface area contributed by atoms with Crippen molar-refractivity contribution >= 4 is 21.6 Å². The molecule has 19 heavy (non-hydrogen) atoms. The van der Waals surface area contributed by atoms with Gasteiger partial charge in [0.25, 0.3) is 0 Å². The molecule has 0 bridgehead atoms. The van der Waals surface area contributed by atoms with E-state index in [2.05, 4.69) is 39.0 Å². The normalized spacial score (nSPS) is 28.3. The van der Waals surface area contributed by atoms with Crippen molar-refractivity contribution in [3.8, 4) is 0 Å². The first-order chi connectivity index (χ1) is 9.16. The highest BCUT2D eigenvalue weighted by Gasteiger charge is 2.36. The van der Waals surface area contributed by atoms with Crippen LogP contribution in [0.3, 0.4) is 0 Å². The van der Waals surface area contributed by atoms with Crippen molar-refractivity contribution in [2.24, 2.45) is 5.92 Å². The monoisotopic (exact) mass is 323 g/mol. The largest absolute Gasteiger partial charge is 0.389 e. The molecule has 0 aromatic heterocycles. The number of hydrogen-bond acceptors (Lipinski definition) is 2. The molecule has 2 nitrogen and oxygen atoms in total. The van der Waals surface area contributed by atoms with Gasteiger partial charge in [0.05, 0.1) is 11.8 Å². The van der Waals surface area contributed by atoms with Crippen molar-refractivity contribution in [3.63, 3.8) is 0 Å². The summed E-state index contributed by atoms with van der Waals surface area (Å²) in [5.41, 5.74) is 2.29. The Labute approximate surface area is 123 Å². The van der Waals surface area contributed by atoms with Gasteiger partial charge in [0.1, 0.15) is 0 Å². The van der Waals surface area contributed by atoms with E-state index in [0.717, 1.165) is 22.0 Å². The second-order valence-electron chi connectivity index (χ2n) is 5.98. The van der Waals surface area contributed by atoms with Crippen molar-refractivity contribution in [2.45, 2.75) is 51.2 Å². The highest BCUT2D eigenvalue weighted by Crippen LogP contribution is 2.41. The molecule has 0 spiro atoms. The number of benzene rings is 1. The van der Waals surface area contributed by atoms with E-state index in [1.807, 2.05) is 6.92 Å². The fraction of sp³-hybridized carbons (Fsp3) is 0.625. The van der Waals surface area contributed by atoms with E-state index in [-0.39, 0.29) is 0 Å². The number of aliphatic hydroxyl groups excluding tert-OH is 1. The molecular formula is C16H22BrNO. The van der Waals surface area contributed by atoms with Gasteiger partial charge in [-0.3, -0.25) is 0 Å². The van der Waals surface area contributed by atoms with E-state index < -0.39 is 6.10 Å². The van der Waals surface area contributed by atoms with E-state index >= 15 is 0 Å². The quantitative estimate of drug-likeness (QED) is 0.878. The summed E-state index contributed by atoms with van der Waals surface area (Å²) in [4.78, 5) is 2.58. The van der Waals surface area contributed by atoms with E-state index in [0.29, 0.717) is 0 Å². The highest BCUT2D eigenvalue weighted by atomic mass is 79.9. The van der Waals surface area contributed by atoms with Crippen molar-refractivity contribution in [1.29, 1.82) is 0 Å². The summed E-state index contributed by atoms with van der Waals surface area (Å²) in [6.45, 7) is 3.00. The Morgan fingerprint density at radius 1 is 1.26 bits per heavy atom. The van der Waals surface area contributed by atoms with E-state index in [9.17, 15) is 5.11 Å². The Balaban J connectivity index is 1.86. The van der Waals surface area contributed by atoms with Crippen molar-refractivity contribution < 1.29 is 5.11 Å². The van der Waals surface area contributed by atoms with E-state index in [1.54, 1.807) is 0 Å². The van der Waals surface area contributed by atoms with Gasteiger partial charge in [-0.1, -0.05) is 18.9 Å². The predicted molar refractivity (Wildman–Crippen MR) is 82.5 cm³/mol. The minimum absolute atomic E-state index is 0.397. The van der Waals surface area contributed by atoms with Crippen LogP contribution in [0, 0.1) is 5.92 Å². The second-order valence-corrected chi connectivity index (χ2v) is 6.84. The zero-order valence-corrected chi connectivity index (χ0v) is 13.1. The van der Waals surface area contributed by atoms with Crippen LogP contribution >= 0.6 is 15.9 Å². The predicted octanol–water partition coefficient (Wildman–Crippen LogP) is 4.27. The molecule has 3 atom stereocenters. The van der Waals surface area contributed by atoms with Gasteiger partial charge in [-0.25, -0.2) is 0 Å². The Morgan fingerprint density at radius 2 is 2.05 bits per heavy atom. The molecule has 0 amide bonds. The third-order valence-electron chi connectivity index (χ3n) is 4.77. The Morgan fingerprint density at radius 3 is 2.79 bits per heavy atom. The Bertz CT molecular complexity index is 460. The lowest BCUT2D eigenvalue weighted by molar-refractivity contribution is 0.199. The minimum Gasteiger partial charge on any atom is -0.389 e. The van der Waals surface area contributed by atoms with Crippen molar-refractivity contribution in [3.05, 3.63) is 28.2 Å². The molecule has 3 heteroatoms. The van der Waals surface area contributed by atoms with Crippen molar-refractivity contribution in [2.75, 3.05) is 11.4 Å². The third kappa shape index (κ3) is 2.55. The molecule has 1 aromatic rings. The second kappa shape index (κ2) is 5.45. The summed E-state index contributed by atoms with van der Waals surface area (Å²) in [5, 5.41) is 9.66. The van der Waals surface area contributed by atoms with Crippen LogP contribution in [0.25, 0.3) is 0 Å². The van der Waals surface area contributed by atoms with Gasteiger partial charge in [0.2, 0.25) is 0 Å². The molecule has 2 unspecified atom stereocenters. The smallest absolute Gasteiger partial charge is 0.0762 e. The number of rotatable bonds is 2. The van der Waals surface area contributed by atoms with Crippen LogP contribution in [0.5, 0.6) is 0 Å². The number of halogens is 1. The maximum Gasteiger partial charge on any atom is 0.0762 e. The lowest BCUT2D eigenvalue weighted by Crippen LogP contribution is -2.34. The standard InChI is InChI=1S/C16H22BrNO/c1-11(19)13-6-7-16(14(17)10-13)18-9-8-12-4-2-3-5-15(12)18/h6-7,10-12,15,19H,2-5,8-9H2,1H3/t11-,12?,15?/m1/s1. The van der Waals surface area contributed by atoms with E-state index in [4.69, 9.17) is 0 Å². The highest BCUT2D eigenvalue weighted by molar-refractivity contribution is 9.10. The molecule has 3 rings (SSSR count). The maximum atomic E-state index is 9.66. The maximum absolute atomic E-state index is 9.66. The average Bonchev–Trinajstić information content (AvgIpc) is 2.82. The molecule has 104 valence electrons. The van der Waals surface area contributed by atoms with Gasteiger partial charge in [0.15, 0.2) is 0 Å². The molecule has 1 aromatic carbocycles. The zero-order chi connectivity index (χ0) is 13.4. The Kier molecular flexibility index (Phi) is 3.86. The van der Waals surface area contributed by atoms with Crippen LogP contribution in [-0.2, 0) is 0 Å². The Hall–Kier alpha value is -0.540. The molecule has 1 aliphatic carbocycles. The molecular weight excluding hydrogens is 302 g/mol. The summed E-state index contributed by atoms with van der Waals surface area (Å²) >= 11 is 3.69. The third-order valence-corrected chi connectivity index (χ3v) is 5.41. The summed E-state index contributed by atoms with van der Waals surface area (Å²) in [6.07, 6.45) is 6.49. The molecule has 1 saturated heterocycles. The van der Waals surface area contributed by atoms with E-state index in [1.165, 1.54) is 44.3 Å². The molecule has 1 heterocycles. The SMILES string of the molecule is C[C@@H](O)c1ccc(N2CCC3CCCCC32)c(Br)c1. The van der Waals surface area contributed by atoms with Crippen LogP contribution in [0.4, 0.5) is 5.69 Å². The molecule has 1 saturated carbocycles. The van der Waals surface area contributed by atoms with Gasteiger partial charge in [-0.2, -0.15) is 0 Å². The van der Waals surface area contributed by atoms with Crippen LogP contribution in [0.1, 0.15) is 50.7 Å². The zero-order valence-electron chi connectivity index (χ0n) is 11.5.